The maximum absolute atomic E-state index is 13.5. The highest BCUT2D eigenvalue weighted by molar-refractivity contribution is 5.84. The van der Waals surface area contributed by atoms with Gasteiger partial charge in [0.15, 0.2) is 0 Å². The van der Waals surface area contributed by atoms with Gasteiger partial charge in [0.2, 0.25) is 5.91 Å². The molecule has 0 aromatic heterocycles. The molecule has 1 saturated heterocycles. The second kappa shape index (κ2) is 8.72. The minimum atomic E-state index is -0.347. The standard InChI is InChI=1S/C25H23N3O/c26-17-20-11-13-23(14-12-20)24-25(29)28(19-22-9-5-2-6-10-22)16-15-27(24)18-21-7-3-1-4-8-21/h1-14,24H,15-16,18-19H2. The number of piperazine rings is 1. The monoisotopic (exact) mass is 381 g/mol. The van der Waals surface area contributed by atoms with Crippen molar-refractivity contribution in [3.8, 4) is 6.07 Å². The van der Waals surface area contributed by atoms with E-state index in [2.05, 4.69) is 35.2 Å². The van der Waals surface area contributed by atoms with E-state index in [0.717, 1.165) is 24.2 Å². The van der Waals surface area contributed by atoms with Crippen molar-refractivity contribution in [2.24, 2.45) is 0 Å². The zero-order valence-corrected chi connectivity index (χ0v) is 16.2. The van der Waals surface area contributed by atoms with Crippen molar-refractivity contribution in [1.82, 2.24) is 9.80 Å². The van der Waals surface area contributed by atoms with Gasteiger partial charge in [0.25, 0.3) is 0 Å². The summed E-state index contributed by atoms with van der Waals surface area (Å²) < 4.78 is 0. The van der Waals surface area contributed by atoms with E-state index in [1.165, 1.54) is 5.56 Å². The molecule has 1 fully saturated rings. The maximum Gasteiger partial charge on any atom is 0.244 e. The molecule has 4 rings (SSSR count). The summed E-state index contributed by atoms with van der Waals surface area (Å²) in [5, 5.41) is 9.11. The van der Waals surface area contributed by atoms with Crippen LogP contribution in [0, 0.1) is 11.3 Å². The number of hydrogen-bond donors (Lipinski definition) is 0. The number of carbonyl (C=O) groups is 1. The molecule has 3 aromatic carbocycles. The Morgan fingerprint density at radius 2 is 1.38 bits per heavy atom. The summed E-state index contributed by atoms with van der Waals surface area (Å²) in [7, 11) is 0. The van der Waals surface area contributed by atoms with E-state index in [1.807, 2.05) is 53.4 Å². The fourth-order valence-electron chi connectivity index (χ4n) is 3.86. The van der Waals surface area contributed by atoms with Gasteiger partial charge in [0, 0.05) is 26.2 Å². The first-order chi connectivity index (χ1) is 14.2. The molecule has 29 heavy (non-hydrogen) atoms. The van der Waals surface area contributed by atoms with Crippen LogP contribution in [0.25, 0.3) is 0 Å². The minimum Gasteiger partial charge on any atom is -0.335 e. The van der Waals surface area contributed by atoms with E-state index in [-0.39, 0.29) is 11.9 Å². The quantitative estimate of drug-likeness (QED) is 0.667. The van der Waals surface area contributed by atoms with Gasteiger partial charge < -0.3 is 4.90 Å². The number of benzene rings is 3. The molecular weight excluding hydrogens is 358 g/mol. The Morgan fingerprint density at radius 1 is 0.793 bits per heavy atom. The zero-order valence-electron chi connectivity index (χ0n) is 16.2. The second-order valence-corrected chi connectivity index (χ2v) is 7.34. The van der Waals surface area contributed by atoms with Crippen molar-refractivity contribution < 1.29 is 4.79 Å². The van der Waals surface area contributed by atoms with Crippen LogP contribution in [-0.4, -0.2) is 28.8 Å². The smallest absolute Gasteiger partial charge is 0.244 e. The molecule has 4 heteroatoms. The second-order valence-electron chi connectivity index (χ2n) is 7.34. The van der Waals surface area contributed by atoms with Crippen LogP contribution in [0.3, 0.4) is 0 Å². The third-order valence-electron chi connectivity index (χ3n) is 5.37. The van der Waals surface area contributed by atoms with Gasteiger partial charge >= 0.3 is 0 Å². The predicted molar refractivity (Wildman–Crippen MR) is 113 cm³/mol. The predicted octanol–water partition coefficient (Wildman–Crippen LogP) is 4.14. The normalized spacial score (nSPS) is 17.1. The summed E-state index contributed by atoms with van der Waals surface area (Å²) in [6, 6.07) is 29.6. The first-order valence-electron chi connectivity index (χ1n) is 9.85. The molecule has 144 valence electrons. The molecule has 0 N–H and O–H groups in total. The third-order valence-corrected chi connectivity index (χ3v) is 5.37. The van der Waals surface area contributed by atoms with E-state index in [9.17, 15) is 4.79 Å². The minimum absolute atomic E-state index is 0.112. The van der Waals surface area contributed by atoms with Crippen molar-refractivity contribution in [2.45, 2.75) is 19.1 Å². The van der Waals surface area contributed by atoms with Gasteiger partial charge in [-0.3, -0.25) is 9.69 Å². The van der Waals surface area contributed by atoms with Crippen LogP contribution in [0.1, 0.15) is 28.3 Å². The van der Waals surface area contributed by atoms with Crippen LogP contribution in [0.15, 0.2) is 84.9 Å². The Balaban J connectivity index is 1.61. The number of amides is 1. The molecule has 0 saturated carbocycles. The Hall–Kier alpha value is -3.42. The van der Waals surface area contributed by atoms with Crippen LogP contribution in [0.5, 0.6) is 0 Å². The molecule has 0 bridgehead atoms. The highest BCUT2D eigenvalue weighted by atomic mass is 16.2. The topological polar surface area (TPSA) is 47.3 Å². The molecule has 3 aromatic rings. The van der Waals surface area contributed by atoms with Crippen LogP contribution < -0.4 is 0 Å². The molecule has 1 amide bonds. The van der Waals surface area contributed by atoms with E-state index in [4.69, 9.17) is 5.26 Å². The molecule has 1 atom stereocenters. The van der Waals surface area contributed by atoms with Gasteiger partial charge in [0.05, 0.1) is 11.6 Å². The highest BCUT2D eigenvalue weighted by Gasteiger charge is 2.35. The van der Waals surface area contributed by atoms with Gasteiger partial charge in [-0.1, -0.05) is 72.8 Å². The average molecular weight is 381 g/mol. The first kappa shape index (κ1) is 18.9. The molecule has 1 unspecified atom stereocenters. The van der Waals surface area contributed by atoms with Gasteiger partial charge in [-0.2, -0.15) is 5.26 Å². The van der Waals surface area contributed by atoms with Crippen molar-refractivity contribution in [2.75, 3.05) is 13.1 Å². The van der Waals surface area contributed by atoms with E-state index >= 15 is 0 Å². The van der Waals surface area contributed by atoms with E-state index in [1.54, 1.807) is 12.1 Å². The number of hydrogen-bond acceptors (Lipinski definition) is 3. The largest absolute Gasteiger partial charge is 0.335 e. The highest BCUT2D eigenvalue weighted by Crippen LogP contribution is 2.29. The summed E-state index contributed by atoms with van der Waals surface area (Å²) in [6.45, 7) is 2.84. The molecule has 0 radical (unpaired) electrons. The van der Waals surface area contributed by atoms with Crippen molar-refractivity contribution >= 4 is 5.91 Å². The van der Waals surface area contributed by atoms with Crippen LogP contribution in [-0.2, 0) is 17.9 Å². The molecule has 0 aliphatic carbocycles. The lowest BCUT2D eigenvalue weighted by Crippen LogP contribution is -2.51. The van der Waals surface area contributed by atoms with Crippen LogP contribution >= 0.6 is 0 Å². The summed E-state index contributed by atoms with van der Waals surface area (Å²) in [6.07, 6.45) is 0. The number of carbonyl (C=O) groups excluding carboxylic acids is 1. The van der Waals surface area contributed by atoms with Gasteiger partial charge in [0.1, 0.15) is 6.04 Å². The molecule has 0 spiro atoms. The lowest BCUT2D eigenvalue weighted by molar-refractivity contribution is -0.143. The van der Waals surface area contributed by atoms with Crippen molar-refractivity contribution in [3.05, 3.63) is 107 Å². The number of rotatable bonds is 5. The molecule has 1 heterocycles. The lowest BCUT2D eigenvalue weighted by Gasteiger charge is -2.41. The number of nitrogens with zero attached hydrogens (tertiary/aromatic N) is 3. The lowest BCUT2D eigenvalue weighted by atomic mass is 9.98. The maximum atomic E-state index is 13.5. The van der Waals surface area contributed by atoms with Gasteiger partial charge in [-0.25, -0.2) is 0 Å². The Bertz CT molecular complexity index is 994. The zero-order chi connectivity index (χ0) is 20.1. The summed E-state index contributed by atoms with van der Waals surface area (Å²) in [4.78, 5) is 17.7. The average Bonchev–Trinajstić information content (AvgIpc) is 2.77. The Kier molecular flexibility index (Phi) is 5.69. The van der Waals surface area contributed by atoms with Crippen molar-refractivity contribution in [3.63, 3.8) is 0 Å². The van der Waals surface area contributed by atoms with E-state index in [0.29, 0.717) is 18.7 Å². The van der Waals surface area contributed by atoms with Crippen molar-refractivity contribution in [1.29, 1.82) is 5.26 Å². The molecule has 1 aliphatic heterocycles. The number of nitriles is 1. The fourth-order valence-corrected chi connectivity index (χ4v) is 3.86. The Morgan fingerprint density at radius 3 is 1.97 bits per heavy atom. The Labute approximate surface area is 171 Å². The summed E-state index contributed by atoms with van der Waals surface area (Å²) in [5.41, 5.74) is 3.86. The molecule has 4 nitrogen and oxygen atoms in total. The molecule has 1 aliphatic rings. The third kappa shape index (κ3) is 4.37. The first-order valence-corrected chi connectivity index (χ1v) is 9.85. The van der Waals surface area contributed by atoms with Crippen LogP contribution in [0.4, 0.5) is 0 Å². The van der Waals surface area contributed by atoms with E-state index < -0.39 is 0 Å². The van der Waals surface area contributed by atoms with Gasteiger partial charge in [-0.15, -0.1) is 0 Å². The van der Waals surface area contributed by atoms with Gasteiger partial charge in [-0.05, 0) is 28.8 Å². The molecular formula is C25H23N3O. The SMILES string of the molecule is N#Cc1ccc(C2C(=O)N(Cc3ccccc3)CCN2Cc2ccccc2)cc1. The summed E-state index contributed by atoms with van der Waals surface area (Å²) in [5.74, 6) is 0.112. The summed E-state index contributed by atoms with van der Waals surface area (Å²) >= 11 is 0. The fraction of sp³-hybridized carbons (Fsp3) is 0.200. The van der Waals surface area contributed by atoms with Crippen LogP contribution in [0.2, 0.25) is 0 Å².